The number of amides is 1. The molecule has 4 rings (SSSR count). The number of rotatable bonds is 5. The molecular weight excluding hydrogens is 448 g/mol. The van der Waals surface area contributed by atoms with Gasteiger partial charge in [0.25, 0.3) is 5.91 Å². The first kappa shape index (κ1) is 20.3. The van der Waals surface area contributed by atoms with E-state index >= 15 is 0 Å². The molecule has 1 amide bonds. The first-order chi connectivity index (χ1) is 14.0. The van der Waals surface area contributed by atoms with Crippen LogP contribution in [0, 0.1) is 13.8 Å². The number of anilines is 1. The third-order valence-corrected chi connectivity index (χ3v) is 6.87. The summed E-state index contributed by atoms with van der Waals surface area (Å²) in [5.74, 6) is -0.0173. The van der Waals surface area contributed by atoms with Crippen LogP contribution in [-0.2, 0) is 0 Å². The summed E-state index contributed by atoms with van der Waals surface area (Å²) in [4.78, 5) is 21.9. The summed E-state index contributed by atoms with van der Waals surface area (Å²) >= 11 is 5.18. The van der Waals surface area contributed by atoms with Crippen molar-refractivity contribution in [2.45, 2.75) is 13.8 Å². The summed E-state index contributed by atoms with van der Waals surface area (Å²) in [6.45, 7) is 9.73. The fourth-order valence-corrected chi connectivity index (χ4v) is 5.15. The molecular formula is C22H25BrN4OS. The Morgan fingerprint density at radius 3 is 2.59 bits per heavy atom. The maximum Gasteiger partial charge on any atom is 0.251 e. The van der Waals surface area contributed by atoms with E-state index in [2.05, 4.69) is 57.0 Å². The number of piperazine rings is 1. The third-order valence-electron chi connectivity index (χ3n) is 5.28. The van der Waals surface area contributed by atoms with Gasteiger partial charge in [0.15, 0.2) is 5.13 Å². The number of halogens is 1. The van der Waals surface area contributed by atoms with Crippen molar-refractivity contribution in [3.8, 4) is 0 Å². The number of aryl methyl sites for hydroxylation is 2. The van der Waals surface area contributed by atoms with Gasteiger partial charge in [-0.05, 0) is 55.3 Å². The highest BCUT2D eigenvalue weighted by atomic mass is 79.9. The number of hydrogen-bond donors (Lipinski definition) is 1. The minimum Gasteiger partial charge on any atom is -0.351 e. The second-order valence-electron chi connectivity index (χ2n) is 7.52. The standard InChI is InChI=1S/C22H25BrN4OS/c1-15-13-16(2)20-19(14-15)29-22(25-20)27-11-9-26(10-12-27)8-7-24-21(28)17-3-5-18(23)6-4-17/h3-6,13-14H,7-12H2,1-2H3,(H,24,28). The second-order valence-corrected chi connectivity index (χ2v) is 9.44. The Morgan fingerprint density at radius 1 is 1.14 bits per heavy atom. The van der Waals surface area contributed by atoms with Crippen molar-refractivity contribution in [1.29, 1.82) is 0 Å². The number of nitrogens with one attached hydrogen (secondary N) is 1. The Bertz CT molecular complexity index is 1010. The average Bonchev–Trinajstić information content (AvgIpc) is 3.13. The van der Waals surface area contributed by atoms with Crippen molar-refractivity contribution >= 4 is 48.5 Å². The number of fused-ring (bicyclic) bond motifs is 1. The van der Waals surface area contributed by atoms with Crippen molar-refractivity contribution < 1.29 is 4.79 Å². The summed E-state index contributed by atoms with van der Waals surface area (Å²) in [5.41, 5.74) is 4.37. The van der Waals surface area contributed by atoms with E-state index in [1.165, 1.54) is 15.8 Å². The number of aromatic nitrogens is 1. The molecule has 7 heteroatoms. The lowest BCUT2D eigenvalue weighted by Crippen LogP contribution is -2.48. The largest absolute Gasteiger partial charge is 0.351 e. The number of carbonyl (C=O) groups excluding carboxylic acids is 1. The molecule has 1 saturated heterocycles. The molecule has 152 valence electrons. The molecule has 2 aromatic carbocycles. The van der Waals surface area contributed by atoms with Crippen LogP contribution in [0.4, 0.5) is 5.13 Å². The quantitative estimate of drug-likeness (QED) is 0.603. The van der Waals surface area contributed by atoms with Gasteiger partial charge in [-0.3, -0.25) is 9.69 Å². The Morgan fingerprint density at radius 2 is 1.86 bits per heavy atom. The number of thiazole rings is 1. The van der Waals surface area contributed by atoms with Gasteiger partial charge in [0.2, 0.25) is 0 Å². The van der Waals surface area contributed by atoms with E-state index < -0.39 is 0 Å². The predicted octanol–water partition coefficient (Wildman–Crippen LogP) is 4.23. The van der Waals surface area contributed by atoms with Crippen LogP contribution in [-0.4, -0.2) is 55.1 Å². The molecule has 1 aliphatic rings. The van der Waals surface area contributed by atoms with Gasteiger partial charge in [-0.15, -0.1) is 0 Å². The Hall–Kier alpha value is -1.96. The van der Waals surface area contributed by atoms with E-state index in [1.54, 1.807) is 11.3 Å². The summed E-state index contributed by atoms with van der Waals surface area (Å²) in [5, 5.41) is 4.14. The number of benzene rings is 2. The van der Waals surface area contributed by atoms with Gasteiger partial charge in [0.05, 0.1) is 10.2 Å². The van der Waals surface area contributed by atoms with Gasteiger partial charge in [-0.2, -0.15) is 0 Å². The van der Waals surface area contributed by atoms with Gasteiger partial charge < -0.3 is 10.2 Å². The average molecular weight is 473 g/mol. The molecule has 0 saturated carbocycles. The van der Waals surface area contributed by atoms with E-state index in [0.29, 0.717) is 12.1 Å². The molecule has 1 aromatic heterocycles. The van der Waals surface area contributed by atoms with Gasteiger partial charge in [0.1, 0.15) is 0 Å². The minimum atomic E-state index is -0.0173. The molecule has 5 nitrogen and oxygen atoms in total. The predicted molar refractivity (Wildman–Crippen MR) is 124 cm³/mol. The molecule has 1 aliphatic heterocycles. The lowest BCUT2D eigenvalue weighted by molar-refractivity contribution is 0.0948. The molecule has 0 bridgehead atoms. The zero-order valence-electron chi connectivity index (χ0n) is 16.7. The van der Waals surface area contributed by atoms with Crippen LogP contribution in [0.2, 0.25) is 0 Å². The first-order valence-corrected chi connectivity index (χ1v) is 11.5. The van der Waals surface area contributed by atoms with Gasteiger partial charge in [-0.25, -0.2) is 4.98 Å². The highest BCUT2D eigenvalue weighted by molar-refractivity contribution is 9.10. The minimum absolute atomic E-state index is 0.0173. The van der Waals surface area contributed by atoms with Crippen molar-refractivity contribution in [2.24, 2.45) is 0 Å². The van der Waals surface area contributed by atoms with Crippen LogP contribution in [0.25, 0.3) is 10.2 Å². The maximum atomic E-state index is 12.2. The van der Waals surface area contributed by atoms with Crippen molar-refractivity contribution in [3.63, 3.8) is 0 Å². The molecule has 0 spiro atoms. The molecule has 0 atom stereocenters. The Balaban J connectivity index is 1.27. The summed E-state index contributed by atoms with van der Waals surface area (Å²) in [6.07, 6.45) is 0. The van der Waals surface area contributed by atoms with Crippen LogP contribution >= 0.6 is 27.3 Å². The molecule has 0 unspecified atom stereocenters. The number of hydrogen-bond acceptors (Lipinski definition) is 5. The van der Waals surface area contributed by atoms with Gasteiger partial charge in [0, 0.05) is 49.3 Å². The van der Waals surface area contributed by atoms with Crippen LogP contribution in [0.3, 0.4) is 0 Å². The van der Waals surface area contributed by atoms with Crippen LogP contribution in [0.1, 0.15) is 21.5 Å². The summed E-state index contributed by atoms with van der Waals surface area (Å²) in [6, 6.07) is 11.9. The smallest absolute Gasteiger partial charge is 0.251 e. The Labute approximate surface area is 183 Å². The number of carbonyl (C=O) groups is 1. The van der Waals surface area contributed by atoms with Gasteiger partial charge >= 0.3 is 0 Å². The SMILES string of the molecule is Cc1cc(C)c2nc(N3CCN(CCNC(=O)c4ccc(Br)cc4)CC3)sc2c1. The highest BCUT2D eigenvalue weighted by Gasteiger charge is 2.20. The monoisotopic (exact) mass is 472 g/mol. The summed E-state index contributed by atoms with van der Waals surface area (Å²) < 4.78 is 2.25. The zero-order valence-corrected chi connectivity index (χ0v) is 19.1. The lowest BCUT2D eigenvalue weighted by atomic mass is 10.1. The molecule has 0 aliphatic carbocycles. The lowest BCUT2D eigenvalue weighted by Gasteiger charge is -2.34. The molecule has 2 heterocycles. The van der Waals surface area contributed by atoms with E-state index in [-0.39, 0.29) is 5.91 Å². The Kier molecular flexibility index (Phi) is 6.18. The third kappa shape index (κ3) is 4.79. The zero-order chi connectivity index (χ0) is 20.4. The van der Waals surface area contributed by atoms with Crippen molar-refractivity contribution in [3.05, 3.63) is 57.6 Å². The topological polar surface area (TPSA) is 48.5 Å². The first-order valence-electron chi connectivity index (χ1n) is 9.88. The molecule has 29 heavy (non-hydrogen) atoms. The van der Waals surface area contributed by atoms with E-state index in [9.17, 15) is 4.79 Å². The summed E-state index contributed by atoms with van der Waals surface area (Å²) in [7, 11) is 0. The highest BCUT2D eigenvalue weighted by Crippen LogP contribution is 2.32. The van der Waals surface area contributed by atoms with Crippen molar-refractivity contribution in [1.82, 2.24) is 15.2 Å². The molecule has 1 N–H and O–H groups in total. The molecule has 3 aromatic rings. The van der Waals surface area contributed by atoms with Gasteiger partial charge in [-0.1, -0.05) is 33.3 Å². The molecule has 0 radical (unpaired) electrons. The molecule has 1 fully saturated rings. The number of nitrogens with zero attached hydrogens (tertiary/aromatic N) is 3. The maximum absolute atomic E-state index is 12.2. The van der Waals surface area contributed by atoms with E-state index in [0.717, 1.165) is 47.8 Å². The fourth-order valence-electron chi connectivity index (χ4n) is 3.69. The van der Waals surface area contributed by atoms with Crippen LogP contribution in [0.15, 0.2) is 40.9 Å². The van der Waals surface area contributed by atoms with E-state index in [1.807, 2.05) is 24.3 Å². The van der Waals surface area contributed by atoms with E-state index in [4.69, 9.17) is 4.98 Å². The van der Waals surface area contributed by atoms with Crippen LogP contribution < -0.4 is 10.2 Å². The fraction of sp³-hybridized carbons (Fsp3) is 0.364. The normalized spacial score (nSPS) is 15.1. The second kappa shape index (κ2) is 8.81. The van der Waals surface area contributed by atoms with Crippen LogP contribution in [0.5, 0.6) is 0 Å². The van der Waals surface area contributed by atoms with Crippen molar-refractivity contribution in [2.75, 3.05) is 44.2 Å².